The number of nitrogens with one attached hydrogen (secondary N) is 2. The molecule has 0 bridgehead atoms. The lowest BCUT2D eigenvalue weighted by Crippen LogP contribution is -2.55. The molecular weight excluding hydrogens is 359 g/mol. The number of pyridine rings is 1. The molecule has 2 atom stereocenters. The van der Waals surface area contributed by atoms with Gasteiger partial charge < -0.3 is 15.0 Å². The van der Waals surface area contributed by atoms with Crippen LogP contribution in [-0.4, -0.2) is 70.2 Å². The number of piperidine rings is 1. The number of rotatable bonds is 4. The summed E-state index contributed by atoms with van der Waals surface area (Å²) in [6.07, 6.45) is 5.39. The zero-order valence-corrected chi connectivity index (χ0v) is 16.2. The van der Waals surface area contributed by atoms with Gasteiger partial charge in [-0.2, -0.15) is 5.10 Å². The van der Waals surface area contributed by atoms with Crippen LogP contribution in [0.4, 0.5) is 10.1 Å². The molecule has 28 heavy (non-hydrogen) atoms. The number of hydrogen-bond donors (Lipinski definition) is 2. The molecule has 0 radical (unpaired) electrons. The number of aromatic amines is 1. The smallest absolute Gasteiger partial charge is 0.139 e. The van der Waals surface area contributed by atoms with Gasteiger partial charge in [-0.25, -0.2) is 9.37 Å². The number of anilines is 1. The number of hydrogen-bond acceptors (Lipinski definition) is 5. The van der Waals surface area contributed by atoms with Crippen molar-refractivity contribution in [3.05, 3.63) is 30.4 Å². The summed E-state index contributed by atoms with van der Waals surface area (Å²) in [5.41, 5.74) is 4.79. The molecule has 2 N–H and O–H groups in total. The maximum absolute atomic E-state index is 15.0. The molecule has 2 aliphatic heterocycles. The third-order valence-electron chi connectivity index (χ3n) is 6.16. The number of likely N-dealkylation sites (tertiary alicyclic amines) is 1. The summed E-state index contributed by atoms with van der Waals surface area (Å²) in [4.78, 5) is 9.88. The van der Waals surface area contributed by atoms with Crippen molar-refractivity contribution in [3.63, 3.8) is 0 Å². The molecule has 0 saturated carbocycles. The average Bonchev–Trinajstić information content (AvgIpc) is 3.26. The van der Waals surface area contributed by atoms with Crippen LogP contribution in [0.2, 0.25) is 0 Å². The summed E-state index contributed by atoms with van der Waals surface area (Å²) in [7, 11) is 1.91. The lowest BCUT2D eigenvalue weighted by Gasteiger charge is -2.42. The third kappa shape index (κ3) is 2.70. The second kappa shape index (κ2) is 6.86. The Morgan fingerprint density at radius 2 is 2.14 bits per heavy atom. The number of aromatic nitrogens is 4. The van der Waals surface area contributed by atoms with E-state index in [0.29, 0.717) is 12.6 Å². The van der Waals surface area contributed by atoms with Crippen LogP contribution in [0.15, 0.2) is 24.7 Å². The number of alkyl halides is 1. The Morgan fingerprint density at radius 3 is 2.86 bits per heavy atom. The highest BCUT2D eigenvalue weighted by atomic mass is 19.1. The van der Waals surface area contributed by atoms with Gasteiger partial charge in [-0.05, 0) is 19.4 Å². The largest absolute Gasteiger partial charge is 0.387 e. The molecule has 2 fully saturated rings. The van der Waals surface area contributed by atoms with Crippen LogP contribution in [0.3, 0.4) is 0 Å². The lowest BCUT2D eigenvalue weighted by molar-refractivity contribution is -0.0848. The summed E-state index contributed by atoms with van der Waals surface area (Å²) >= 11 is 0. The van der Waals surface area contributed by atoms with Crippen molar-refractivity contribution in [1.82, 2.24) is 24.6 Å². The van der Waals surface area contributed by atoms with E-state index >= 15 is 4.39 Å². The van der Waals surface area contributed by atoms with Gasteiger partial charge in [0.1, 0.15) is 11.8 Å². The number of nitrogens with zero attached hydrogens (tertiary/aromatic N) is 4. The van der Waals surface area contributed by atoms with Crippen LogP contribution in [0, 0.1) is 6.92 Å². The van der Waals surface area contributed by atoms with Crippen LogP contribution >= 0.6 is 0 Å². The fourth-order valence-electron chi connectivity index (χ4n) is 4.46. The molecule has 0 amide bonds. The average molecular weight is 384 g/mol. The van der Waals surface area contributed by atoms with Gasteiger partial charge in [0.25, 0.3) is 0 Å². The van der Waals surface area contributed by atoms with E-state index in [1.54, 1.807) is 0 Å². The zero-order valence-electron chi connectivity index (χ0n) is 16.2. The first-order valence-electron chi connectivity index (χ1n) is 9.81. The first-order chi connectivity index (χ1) is 13.7. The van der Waals surface area contributed by atoms with Crippen LogP contribution < -0.4 is 5.32 Å². The normalized spacial score (nSPS) is 23.8. The third-order valence-corrected chi connectivity index (χ3v) is 6.16. The van der Waals surface area contributed by atoms with E-state index in [9.17, 15) is 0 Å². The van der Waals surface area contributed by atoms with E-state index in [4.69, 9.17) is 4.74 Å². The van der Waals surface area contributed by atoms with E-state index in [0.717, 1.165) is 59.7 Å². The maximum atomic E-state index is 15.0. The first-order valence-corrected chi connectivity index (χ1v) is 9.81. The minimum atomic E-state index is -0.935. The van der Waals surface area contributed by atoms with Gasteiger partial charge in [0.2, 0.25) is 0 Å². The Labute approximate surface area is 162 Å². The molecule has 0 aliphatic carbocycles. The van der Waals surface area contributed by atoms with Gasteiger partial charge in [0.15, 0.2) is 0 Å². The Hall–Kier alpha value is -2.45. The van der Waals surface area contributed by atoms with Gasteiger partial charge >= 0.3 is 0 Å². The van der Waals surface area contributed by atoms with Crippen molar-refractivity contribution >= 4 is 16.7 Å². The van der Waals surface area contributed by atoms with Gasteiger partial charge in [-0.15, -0.1) is 0 Å². The second-order valence-corrected chi connectivity index (χ2v) is 7.68. The van der Waals surface area contributed by atoms with Crippen molar-refractivity contribution < 1.29 is 9.13 Å². The van der Waals surface area contributed by atoms with Gasteiger partial charge in [0, 0.05) is 54.7 Å². The highest BCUT2D eigenvalue weighted by molar-refractivity contribution is 5.98. The number of ether oxygens (including phenoxy) is 1. The van der Waals surface area contributed by atoms with Crippen molar-refractivity contribution in [2.75, 3.05) is 38.7 Å². The molecule has 5 heterocycles. The zero-order chi connectivity index (χ0) is 19.3. The highest BCUT2D eigenvalue weighted by Crippen LogP contribution is 2.37. The highest BCUT2D eigenvalue weighted by Gasteiger charge is 2.37. The summed E-state index contributed by atoms with van der Waals surface area (Å²) in [6, 6.07) is 2.16. The fraction of sp³-hybridized carbons (Fsp3) is 0.500. The molecule has 3 aromatic rings. The fourth-order valence-corrected chi connectivity index (χ4v) is 4.46. The Balaban J connectivity index is 1.45. The molecule has 3 aromatic heterocycles. The standard InChI is InChI=1S/C20H25FN6O/c1-12-15(16-7-24-20-14(3-5-23-20)19(16)22-2)8-25-27(12)18-4-6-26(9-17(18)21)13-10-28-11-13/h3,5,7-8,13,17-18H,4,6,9-11H2,1-2H3,(H2,22,23,24)/t17-,18-/m0/s1. The van der Waals surface area contributed by atoms with Gasteiger partial charge in [-0.3, -0.25) is 9.58 Å². The monoisotopic (exact) mass is 384 g/mol. The Kier molecular flexibility index (Phi) is 4.32. The van der Waals surface area contributed by atoms with E-state index in [-0.39, 0.29) is 6.04 Å². The molecular formula is C20H25FN6O. The van der Waals surface area contributed by atoms with Crippen LogP contribution in [-0.2, 0) is 4.74 Å². The maximum Gasteiger partial charge on any atom is 0.139 e. The van der Waals surface area contributed by atoms with Crippen molar-refractivity contribution in [1.29, 1.82) is 0 Å². The topological polar surface area (TPSA) is 71.0 Å². The number of fused-ring (bicyclic) bond motifs is 1. The van der Waals surface area contributed by atoms with E-state index in [1.165, 1.54) is 0 Å². The number of halogens is 1. The van der Waals surface area contributed by atoms with Crippen molar-refractivity contribution in [3.8, 4) is 11.1 Å². The molecule has 148 valence electrons. The van der Waals surface area contributed by atoms with E-state index in [2.05, 4.69) is 25.3 Å². The van der Waals surface area contributed by atoms with Crippen LogP contribution in [0.5, 0.6) is 0 Å². The Bertz CT molecular complexity index is 994. The molecule has 0 unspecified atom stereocenters. The molecule has 7 nitrogen and oxygen atoms in total. The van der Waals surface area contributed by atoms with Crippen molar-refractivity contribution in [2.24, 2.45) is 0 Å². The summed E-state index contributed by atoms with van der Waals surface area (Å²) < 4.78 is 22.2. The molecule has 0 spiro atoms. The van der Waals surface area contributed by atoms with Gasteiger partial charge in [-0.1, -0.05) is 0 Å². The molecule has 5 rings (SSSR count). The summed E-state index contributed by atoms with van der Waals surface area (Å²) in [5.74, 6) is 0. The quantitative estimate of drug-likeness (QED) is 0.724. The van der Waals surface area contributed by atoms with Crippen LogP contribution in [0.25, 0.3) is 22.2 Å². The predicted molar refractivity (Wildman–Crippen MR) is 106 cm³/mol. The Morgan fingerprint density at radius 1 is 1.29 bits per heavy atom. The van der Waals surface area contributed by atoms with Gasteiger partial charge in [0.05, 0.1) is 37.2 Å². The minimum Gasteiger partial charge on any atom is -0.387 e. The number of H-pyrrole nitrogens is 1. The SMILES string of the molecule is CNc1c(-c2cnn([C@H]3CCN(C4COC4)C[C@@H]3F)c2C)cnc2[nH]ccc12. The summed E-state index contributed by atoms with van der Waals surface area (Å²) in [5, 5.41) is 8.91. The first kappa shape index (κ1) is 17.6. The molecule has 8 heteroatoms. The molecule has 2 aliphatic rings. The van der Waals surface area contributed by atoms with E-state index in [1.807, 2.05) is 43.3 Å². The van der Waals surface area contributed by atoms with E-state index < -0.39 is 6.17 Å². The summed E-state index contributed by atoms with van der Waals surface area (Å²) in [6.45, 7) is 4.80. The van der Waals surface area contributed by atoms with Crippen LogP contribution in [0.1, 0.15) is 18.2 Å². The lowest BCUT2D eigenvalue weighted by atomic mass is 9.99. The second-order valence-electron chi connectivity index (χ2n) is 7.68. The minimum absolute atomic E-state index is 0.229. The molecule has 0 aromatic carbocycles. The molecule has 2 saturated heterocycles. The van der Waals surface area contributed by atoms with Crippen molar-refractivity contribution in [2.45, 2.75) is 31.6 Å². The predicted octanol–water partition coefficient (Wildman–Crippen LogP) is 2.76.